The zero-order valence-electron chi connectivity index (χ0n) is 20.6. The smallest absolute Gasteiger partial charge is 0.226 e. The molecule has 1 aliphatic carbocycles. The fourth-order valence-electron chi connectivity index (χ4n) is 4.17. The van der Waals surface area contributed by atoms with Gasteiger partial charge in [0.25, 0.3) is 0 Å². The Morgan fingerprint density at radius 3 is 2.15 bits per heavy atom. The molecule has 0 saturated heterocycles. The molecule has 1 aromatic heterocycles. The molecule has 0 amide bonds. The molecule has 0 atom stereocenters. The highest BCUT2D eigenvalue weighted by Crippen LogP contribution is 2.38. The number of benzene rings is 2. The summed E-state index contributed by atoms with van der Waals surface area (Å²) in [7, 11) is 4.27. The highest BCUT2D eigenvalue weighted by atomic mass is 19.1. The third-order valence-electron chi connectivity index (χ3n) is 6.38. The molecule has 6 heteroatoms. The van der Waals surface area contributed by atoms with Crippen LogP contribution < -0.4 is 9.64 Å². The van der Waals surface area contributed by atoms with Crippen LogP contribution in [0.15, 0.2) is 60.8 Å². The molecular formula is C28H35FN4O. The number of halogens is 1. The first-order valence-corrected chi connectivity index (χ1v) is 12.1. The second-order valence-corrected chi connectivity index (χ2v) is 9.90. The SMILES string of the molecule is CC(C)COc1ccc(CN(Cc2ccc(F)cc2)c2nccc(C3CC(N(C)C)C3)n2)cc1. The van der Waals surface area contributed by atoms with Gasteiger partial charge in [0.15, 0.2) is 0 Å². The normalized spacial score (nSPS) is 17.6. The zero-order chi connectivity index (χ0) is 24.1. The van der Waals surface area contributed by atoms with Crippen molar-refractivity contribution in [2.24, 2.45) is 5.92 Å². The maximum absolute atomic E-state index is 13.5. The summed E-state index contributed by atoms with van der Waals surface area (Å²) in [5.41, 5.74) is 3.26. The number of ether oxygens (including phenoxy) is 1. The highest BCUT2D eigenvalue weighted by molar-refractivity contribution is 5.37. The predicted molar refractivity (Wildman–Crippen MR) is 135 cm³/mol. The van der Waals surface area contributed by atoms with Gasteiger partial charge >= 0.3 is 0 Å². The Bertz CT molecular complexity index is 1050. The van der Waals surface area contributed by atoms with Gasteiger partial charge < -0.3 is 14.5 Å². The van der Waals surface area contributed by atoms with Crippen molar-refractivity contribution in [1.29, 1.82) is 0 Å². The van der Waals surface area contributed by atoms with Crippen LogP contribution in [0, 0.1) is 11.7 Å². The average Bonchev–Trinajstić information content (AvgIpc) is 2.78. The minimum Gasteiger partial charge on any atom is -0.493 e. The van der Waals surface area contributed by atoms with Crippen molar-refractivity contribution in [2.45, 2.75) is 51.7 Å². The van der Waals surface area contributed by atoms with Crippen LogP contribution in [0.2, 0.25) is 0 Å². The highest BCUT2D eigenvalue weighted by Gasteiger charge is 2.33. The van der Waals surface area contributed by atoms with Crippen molar-refractivity contribution >= 4 is 5.95 Å². The van der Waals surface area contributed by atoms with Gasteiger partial charge in [-0.1, -0.05) is 38.1 Å². The van der Waals surface area contributed by atoms with Gasteiger partial charge in [-0.25, -0.2) is 14.4 Å². The van der Waals surface area contributed by atoms with E-state index < -0.39 is 0 Å². The van der Waals surface area contributed by atoms with E-state index in [2.05, 4.69) is 54.9 Å². The molecule has 5 nitrogen and oxygen atoms in total. The monoisotopic (exact) mass is 462 g/mol. The summed E-state index contributed by atoms with van der Waals surface area (Å²) in [6.45, 7) is 6.23. The van der Waals surface area contributed by atoms with E-state index in [9.17, 15) is 4.39 Å². The lowest BCUT2D eigenvalue weighted by atomic mass is 9.77. The molecule has 180 valence electrons. The summed E-state index contributed by atoms with van der Waals surface area (Å²) in [6, 6.07) is 17.5. The minimum atomic E-state index is -0.231. The van der Waals surface area contributed by atoms with Crippen LogP contribution in [0.1, 0.15) is 49.4 Å². The number of rotatable bonds is 10. The molecule has 0 aliphatic heterocycles. The van der Waals surface area contributed by atoms with Crippen molar-refractivity contribution in [3.8, 4) is 5.75 Å². The Morgan fingerprint density at radius 2 is 1.56 bits per heavy atom. The van der Waals surface area contributed by atoms with Crippen molar-refractivity contribution in [3.05, 3.63) is 83.4 Å². The van der Waals surface area contributed by atoms with Crippen molar-refractivity contribution in [1.82, 2.24) is 14.9 Å². The Morgan fingerprint density at radius 1 is 0.941 bits per heavy atom. The Labute approximate surface area is 202 Å². The van der Waals surface area contributed by atoms with Crippen molar-refractivity contribution in [3.63, 3.8) is 0 Å². The molecule has 0 spiro atoms. The minimum absolute atomic E-state index is 0.231. The fraction of sp³-hybridized carbons (Fsp3) is 0.429. The van der Waals surface area contributed by atoms with Crippen LogP contribution in [-0.2, 0) is 13.1 Å². The molecule has 0 radical (unpaired) electrons. The summed E-state index contributed by atoms with van der Waals surface area (Å²) in [5.74, 6) is 2.31. The van der Waals surface area contributed by atoms with Crippen LogP contribution in [0.5, 0.6) is 5.75 Å². The van der Waals surface area contributed by atoms with E-state index in [1.54, 1.807) is 0 Å². The maximum atomic E-state index is 13.5. The molecule has 3 aromatic rings. The summed E-state index contributed by atoms with van der Waals surface area (Å²) in [5, 5.41) is 0. The molecule has 0 unspecified atom stereocenters. The summed E-state index contributed by atoms with van der Waals surface area (Å²) < 4.78 is 19.3. The van der Waals surface area contributed by atoms with Crippen LogP contribution in [0.4, 0.5) is 10.3 Å². The fourth-order valence-corrected chi connectivity index (χ4v) is 4.17. The first-order valence-electron chi connectivity index (χ1n) is 12.1. The second kappa shape index (κ2) is 11.0. The number of hydrogen-bond donors (Lipinski definition) is 0. The lowest BCUT2D eigenvalue weighted by Crippen LogP contribution is -2.39. The molecule has 1 saturated carbocycles. The second-order valence-electron chi connectivity index (χ2n) is 9.90. The van der Waals surface area contributed by atoms with Crippen LogP contribution in [0.3, 0.4) is 0 Å². The van der Waals surface area contributed by atoms with Crippen molar-refractivity contribution in [2.75, 3.05) is 25.6 Å². The van der Waals surface area contributed by atoms with E-state index in [1.165, 1.54) is 12.1 Å². The largest absolute Gasteiger partial charge is 0.493 e. The van der Waals surface area contributed by atoms with Gasteiger partial charge in [0.05, 0.1) is 6.61 Å². The van der Waals surface area contributed by atoms with Crippen molar-refractivity contribution < 1.29 is 9.13 Å². The van der Waals surface area contributed by atoms with Gasteiger partial charge in [-0.2, -0.15) is 0 Å². The molecular weight excluding hydrogens is 427 g/mol. The number of hydrogen-bond acceptors (Lipinski definition) is 5. The van der Waals surface area contributed by atoms with Crippen LogP contribution in [0.25, 0.3) is 0 Å². The third-order valence-corrected chi connectivity index (χ3v) is 6.38. The van der Waals surface area contributed by atoms with Gasteiger partial charge in [-0.15, -0.1) is 0 Å². The molecule has 1 heterocycles. The summed E-state index contributed by atoms with van der Waals surface area (Å²) in [4.78, 5) is 14.0. The maximum Gasteiger partial charge on any atom is 0.226 e. The number of nitrogens with zero attached hydrogens (tertiary/aromatic N) is 4. The van der Waals surface area contributed by atoms with Gasteiger partial charge in [0, 0.05) is 36.9 Å². The van der Waals surface area contributed by atoms with Crippen LogP contribution in [-0.4, -0.2) is 41.6 Å². The molecule has 1 aliphatic rings. The summed E-state index contributed by atoms with van der Waals surface area (Å²) >= 11 is 0. The van der Waals surface area contributed by atoms with Gasteiger partial charge in [-0.05, 0) is 74.3 Å². The van der Waals surface area contributed by atoms with Crippen LogP contribution >= 0.6 is 0 Å². The number of aromatic nitrogens is 2. The average molecular weight is 463 g/mol. The number of anilines is 1. The lowest BCUT2D eigenvalue weighted by molar-refractivity contribution is 0.164. The van der Waals surface area contributed by atoms with E-state index in [-0.39, 0.29) is 5.82 Å². The Hall–Kier alpha value is -2.99. The molecule has 0 N–H and O–H groups in total. The molecule has 1 fully saturated rings. The van der Waals surface area contributed by atoms with E-state index in [0.29, 0.717) is 43.5 Å². The molecule has 4 rings (SSSR count). The topological polar surface area (TPSA) is 41.5 Å². The Balaban J connectivity index is 1.52. The zero-order valence-corrected chi connectivity index (χ0v) is 20.6. The predicted octanol–water partition coefficient (Wildman–Crippen LogP) is 5.66. The van der Waals surface area contributed by atoms with E-state index >= 15 is 0 Å². The van der Waals surface area contributed by atoms with Gasteiger partial charge in [-0.3, -0.25) is 0 Å². The summed E-state index contributed by atoms with van der Waals surface area (Å²) in [6.07, 6.45) is 4.11. The molecule has 0 bridgehead atoms. The third kappa shape index (κ3) is 6.32. The first-order chi connectivity index (χ1) is 16.4. The van der Waals surface area contributed by atoms with Gasteiger partial charge in [0.1, 0.15) is 11.6 Å². The van der Waals surface area contributed by atoms with E-state index in [0.717, 1.165) is 35.4 Å². The first kappa shape index (κ1) is 24.1. The Kier molecular flexibility index (Phi) is 7.78. The lowest BCUT2D eigenvalue weighted by Gasteiger charge is -2.39. The molecule has 2 aromatic carbocycles. The molecule has 34 heavy (non-hydrogen) atoms. The van der Waals surface area contributed by atoms with E-state index in [1.807, 2.05) is 36.5 Å². The van der Waals surface area contributed by atoms with E-state index in [4.69, 9.17) is 9.72 Å². The quantitative estimate of drug-likeness (QED) is 0.389. The standard InChI is InChI=1S/C28H35FN4O/c1-20(2)19-34-26-11-7-22(8-12-26)18-33(17-21-5-9-24(29)10-6-21)28-30-14-13-27(31-28)23-15-25(16-23)32(3)4/h5-14,20,23,25H,15-19H2,1-4H3. The van der Waals surface area contributed by atoms with Gasteiger partial charge in [0.2, 0.25) is 5.95 Å².